The third-order valence-electron chi connectivity index (χ3n) is 5.06. The molecule has 0 saturated carbocycles. The summed E-state index contributed by atoms with van der Waals surface area (Å²) in [5.74, 6) is -1.42. The van der Waals surface area contributed by atoms with Gasteiger partial charge in [0.05, 0.1) is 18.2 Å². The lowest BCUT2D eigenvalue weighted by atomic mass is 9.95. The number of carbonyl (C=O) groups is 2. The summed E-state index contributed by atoms with van der Waals surface area (Å²) in [6.45, 7) is 2.20. The first kappa shape index (κ1) is 23.4. The van der Waals surface area contributed by atoms with Crippen LogP contribution in [-0.2, 0) is 14.3 Å². The maximum Gasteiger partial charge on any atom is 0.338 e. The second-order valence-corrected chi connectivity index (χ2v) is 7.55. The molecule has 1 heterocycles. The number of hydrogen-bond donors (Lipinski definition) is 2. The van der Waals surface area contributed by atoms with Crippen LogP contribution in [0, 0.1) is 5.82 Å². The van der Waals surface area contributed by atoms with E-state index in [9.17, 15) is 14.0 Å². The van der Waals surface area contributed by atoms with Crippen LogP contribution >= 0.6 is 12.2 Å². The molecule has 1 atom stereocenters. The molecule has 3 rings (SSSR count). The van der Waals surface area contributed by atoms with Gasteiger partial charge in [0.1, 0.15) is 12.4 Å². The molecule has 0 fully saturated rings. The van der Waals surface area contributed by atoms with E-state index in [0.29, 0.717) is 27.6 Å². The molecule has 0 radical (unpaired) electrons. The summed E-state index contributed by atoms with van der Waals surface area (Å²) in [5.41, 5.74) is 2.47. The fourth-order valence-corrected chi connectivity index (χ4v) is 3.53. The zero-order chi connectivity index (χ0) is 23.3. The van der Waals surface area contributed by atoms with Gasteiger partial charge in [-0.3, -0.25) is 4.79 Å². The van der Waals surface area contributed by atoms with Gasteiger partial charge in [-0.25, -0.2) is 9.18 Å². The first-order valence-corrected chi connectivity index (χ1v) is 10.3. The Morgan fingerprint density at radius 1 is 1.19 bits per heavy atom. The van der Waals surface area contributed by atoms with E-state index in [1.54, 1.807) is 37.1 Å². The van der Waals surface area contributed by atoms with Crippen molar-refractivity contribution in [3.63, 3.8) is 0 Å². The molecule has 0 aliphatic carbocycles. The minimum atomic E-state index is -0.570. The average molecular weight is 458 g/mol. The quantitative estimate of drug-likeness (QED) is 0.375. The predicted molar refractivity (Wildman–Crippen MR) is 123 cm³/mol. The Morgan fingerprint density at radius 3 is 2.66 bits per heavy atom. The van der Waals surface area contributed by atoms with Crippen LogP contribution in [0.25, 0.3) is 0 Å². The number of carbonyl (C=O) groups excluding carboxylic acids is 2. The van der Waals surface area contributed by atoms with Crippen molar-refractivity contribution in [2.24, 2.45) is 0 Å². The normalized spacial score (nSPS) is 15.9. The molecule has 1 unspecified atom stereocenters. The molecular formula is C23H24FN3O4S. The third-order valence-corrected chi connectivity index (χ3v) is 5.45. The van der Waals surface area contributed by atoms with Gasteiger partial charge in [-0.15, -0.1) is 0 Å². The number of halogens is 1. The fourth-order valence-electron chi connectivity index (χ4n) is 3.27. The molecule has 168 valence electrons. The largest absolute Gasteiger partial charge is 0.460 e. The third kappa shape index (κ3) is 5.30. The van der Waals surface area contributed by atoms with Gasteiger partial charge >= 0.3 is 5.97 Å². The number of thiocarbonyl (C=S) groups is 1. The number of rotatable bonds is 7. The molecule has 0 saturated heterocycles. The Labute approximate surface area is 191 Å². The van der Waals surface area contributed by atoms with Gasteiger partial charge in [0.25, 0.3) is 5.91 Å². The SMILES string of the molecule is COCCOC(=O)C1=C(C)N(C)C(=S)NC1c1cccc(NC(=O)c2cccc(F)c2)c1. The van der Waals surface area contributed by atoms with E-state index in [1.807, 2.05) is 6.07 Å². The number of hydrogen-bond acceptors (Lipinski definition) is 5. The van der Waals surface area contributed by atoms with Crippen molar-refractivity contribution in [2.75, 3.05) is 32.7 Å². The van der Waals surface area contributed by atoms with E-state index in [4.69, 9.17) is 21.7 Å². The van der Waals surface area contributed by atoms with Gasteiger partial charge in [-0.2, -0.15) is 0 Å². The van der Waals surface area contributed by atoms with Crippen molar-refractivity contribution in [1.29, 1.82) is 0 Å². The smallest absolute Gasteiger partial charge is 0.338 e. The Balaban J connectivity index is 1.88. The molecule has 2 aromatic rings. The van der Waals surface area contributed by atoms with Gasteiger partial charge in [-0.05, 0) is 55.0 Å². The Morgan fingerprint density at radius 2 is 1.94 bits per heavy atom. The van der Waals surface area contributed by atoms with Crippen LogP contribution in [-0.4, -0.2) is 49.3 Å². The second kappa shape index (κ2) is 10.3. The van der Waals surface area contributed by atoms with Gasteiger partial charge in [0, 0.05) is 31.1 Å². The van der Waals surface area contributed by atoms with Crippen LogP contribution in [0.5, 0.6) is 0 Å². The Bertz CT molecular complexity index is 1070. The van der Waals surface area contributed by atoms with Crippen LogP contribution in [0.4, 0.5) is 10.1 Å². The molecule has 32 heavy (non-hydrogen) atoms. The standard InChI is InChI=1S/C23H24FN3O4S/c1-14-19(22(29)31-11-10-30-3)20(26-23(32)27(14)2)15-6-5-9-18(13-15)25-21(28)16-7-4-8-17(24)12-16/h4-9,12-13,20H,10-11H2,1-3H3,(H,25,28)(H,26,32). The number of anilines is 1. The zero-order valence-electron chi connectivity index (χ0n) is 18.0. The topological polar surface area (TPSA) is 79.9 Å². The van der Waals surface area contributed by atoms with Crippen LogP contribution in [0.1, 0.15) is 28.9 Å². The summed E-state index contributed by atoms with van der Waals surface area (Å²) in [6, 6.07) is 11.9. The van der Waals surface area contributed by atoms with E-state index in [-0.39, 0.29) is 18.8 Å². The molecule has 2 N–H and O–H groups in total. The average Bonchev–Trinajstić information content (AvgIpc) is 2.77. The number of esters is 1. The van der Waals surface area contributed by atoms with Gasteiger partial charge < -0.3 is 25.0 Å². The van der Waals surface area contributed by atoms with Crippen molar-refractivity contribution in [1.82, 2.24) is 10.2 Å². The molecule has 0 aromatic heterocycles. The van der Waals surface area contributed by atoms with Gasteiger partial charge in [0.2, 0.25) is 0 Å². The van der Waals surface area contributed by atoms with E-state index < -0.39 is 23.7 Å². The van der Waals surface area contributed by atoms with Gasteiger partial charge in [0.15, 0.2) is 5.11 Å². The summed E-state index contributed by atoms with van der Waals surface area (Å²) >= 11 is 5.41. The minimum absolute atomic E-state index is 0.122. The highest BCUT2D eigenvalue weighted by Gasteiger charge is 2.33. The number of methoxy groups -OCH3 is 1. The Kier molecular flexibility index (Phi) is 7.55. The molecule has 0 bridgehead atoms. The second-order valence-electron chi connectivity index (χ2n) is 7.16. The van der Waals surface area contributed by atoms with Crippen LogP contribution in [0.2, 0.25) is 0 Å². The molecule has 1 aliphatic heterocycles. The lowest BCUT2D eigenvalue weighted by Gasteiger charge is -2.35. The molecule has 7 nitrogen and oxygen atoms in total. The number of ether oxygens (including phenoxy) is 2. The summed E-state index contributed by atoms with van der Waals surface area (Å²) < 4.78 is 23.8. The molecular weight excluding hydrogens is 433 g/mol. The minimum Gasteiger partial charge on any atom is -0.460 e. The highest BCUT2D eigenvalue weighted by Crippen LogP contribution is 2.32. The summed E-state index contributed by atoms with van der Waals surface area (Å²) in [5, 5.41) is 6.37. The monoisotopic (exact) mass is 457 g/mol. The van der Waals surface area contributed by atoms with Crippen molar-refractivity contribution >= 4 is 34.9 Å². The van der Waals surface area contributed by atoms with Crippen LogP contribution < -0.4 is 10.6 Å². The van der Waals surface area contributed by atoms with E-state index in [0.717, 1.165) is 6.07 Å². The lowest BCUT2D eigenvalue weighted by molar-refractivity contribution is -0.140. The number of allylic oxidation sites excluding steroid dienone is 1. The van der Waals surface area contributed by atoms with Crippen molar-refractivity contribution in [2.45, 2.75) is 13.0 Å². The van der Waals surface area contributed by atoms with E-state index in [2.05, 4.69) is 10.6 Å². The van der Waals surface area contributed by atoms with Crippen LogP contribution in [0.3, 0.4) is 0 Å². The first-order valence-electron chi connectivity index (χ1n) is 9.89. The summed E-state index contributed by atoms with van der Waals surface area (Å²) in [4.78, 5) is 27.1. The maximum atomic E-state index is 13.4. The summed E-state index contributed by atoms with van der Waals surface area (Å²) in [7, 11) is 3.29. The molecule has 2 aromatic carbocycles. The molecule has 1 amide bonds. The zero-order valence-corrected chi connectivity index (χ0v) is 18.8. The number of nitrogens with zero attached hydrogens (tertiary/aromatic N) is 1. The fraction of sp³-hybridized carbons (Fsp3) is 0.261. The Hall–Kier alpha value is -3.30. The number of benzene rings is 2. The van der Waals surface area contributed by atoms with E-state index in [1.165, 1.54) is 25.3 Å². The number of amides is 1. The highest BCUT2D eigenvalue weighted by atomic mass is 32.1. The van der Waals surface area contributed by atoms with Crippen LogP contribution in [0.15, 0.2) is 59.8 Å². The van der Waals surface area contributed by atoms with Crippen molar-refractivity contribution in [3.8, 4) is 0 Å². The molecule has 0 spiro atoms. The maximum absolute atomic E-state index is 13.4. The molecule has 9 heteroatoms. The van der Waals surface area contributed by atoms with Crippen molar-refractivity contribution in [3.05, 3.63) is 76.7 Å². The first-order chi connectivity index (χ1) is 15.3. The van der Waals surface area contributed by atoms with Crippen molar-refractivity contribution < 1.29 is 23.5 Å². The summed E-state index contributed by atoms with van der Waals surface area (Å²) in [6.07, 6.45) is 0. The van der Waals surface area contributed by atoms with E-state index >= 15 is 0 Å². The van der Waals surface area contributed by atoms with Gasteiger partial charge in [-0.1, -0.05) is 18.2 Å². The lowest BCUT2D eigenvalue weighted by Crippen LogP contribution is -2.46. The molecule has 1 aliphatic rings. The highest BCUT2D eigenvalue weighted by molar-refractivity contribution is 7.80. The number of nitrogens with one attached hydrogen (secondary N) is 2. The predicted octanol–water partition coefficient (Wildman–Crippen LogP) is 3.40.